The zero-order chi connectivity index (χ0) is 19.5. The Balaban J connectivity index is 1.61. The van der Waals surface area contributed by atoms with Crippen LogP contribution >= 0.6 is 0 Å². The van der Waals surface area contributed by atoms with Gasteiger partial charge in [-0.2, -0.15) is 0 Å². The second-order valence-electron chi connectivity index (χ2n) is 6.99. The summed E-state index contributed by atoms with van der Waals surface area (Å²) in [6.45, 7) is 3.23. The van der Waals surface area contributed by atoms with E-state index in [2.05, 4.69) is 15.0 Å². The van der Waals surface area contributed by atoms with Crippen molar-refractivity contribution in [1.82, 2.24) is 19.5 Å². The maximum absolute atomic E-state index is 13.0. The van der Waals surface area contributed by atoms with Crippen LogP contribution in [0.15, 0.2) is 37.1 Å². The number of aromatic nitrogens is 4. The molecule has 4 heterocycles. The highest BCUT2D eigenvalue weighted by Crippen LogP contribution is 2.25. The van der Waals surface area contributed by atoms with Gasteiger partial charge in [0.1, 0.15) is 17.7 Å². The van der Waals surface area contributed by atoms with Gasteiger partial charge in [0.05, 0.1) is 18.2 Å². The molecule has 1 unspecified atom stereocenters. The van der Waals surface area contributed by atoms with Crippen molar-refractivity contribution < 1.29 is 14.3 Å². The predicted molar refractivity (Wildman–Crippen MR) is 104 cm³/mol. The first-order valence-electron chi connectivity index (χ1n) is 9.43. The SMILES string of the molecule is C[C@H](COC1CCCCO1)n1cc(C(=O)c2cc(N)ccn2)c2cncnc21. The van der Waals surface area contributed by atoms with Gasteiger partial charge in [-0.3, -0.25) is 9.78 Å². The van der Waals surface area contributed by atoms with E-state index in [4.69, 9.17) is 15.2 Å². The van der Waals surface area contributed by atoms with Gasteiger partial charge >= 0.3 is 0 Å². The number of nitrogen functional groups attached to an aromatic ring is 1. The third kappa shape index (κ3) is 3.74. The maximum atomic E-state index is 13.0. The predicted octanol–water partition coefficient (Wildman–Crippen LogP) is 2.74. The van der Waals surface area contributed by atoms with Gasteiger partial charge < -0.3 is 19.8 Å². The smallest absolute Gasteiger partial charge is 0.213 e. The summed E-state index contributed by atoms with van der Waals surface area (Å²) in [6, 6.07) is 3.19. The lowest BCUT2D eigenvalue weighted by Crippen LogP contribution is -2.25. The lowest BCUT2D eigenvalue weighted by atomic mass is 10.1. The lowest BCUT2D eigenvalue weighted by Gasteiger charge is -2.24. The van der Waals surface area contributed by atoms with Gasteiger partial charge in [0.15, 0.2) is 6.29 Å². The minimum absolute atomic E-state index is 0.0294. The van der Waals surface area contributed by atoms with Crippen LogP contribution in [0.2, 0.25) is 0 Å². The Morgan fingerprint density at radius 1 is 1.43 bits per heavy atom. The average Bonchev–Trinajstić information content (AvgIpc) is 3.12. The van der Waals surface area contributed by atoms with E-state index in [1.807, 2.05) is 11.5 Å². The number of hydrogen-bond acceptors (Lipinski definition) is 7. The fourth-order valence-electron chi connectivity index (χ4n) is 3.38. The second kappa shape index (κ2) is 8.04. The largest absolute Gasteiger partial charge is 0.399 e. The summed E-state index contributed by atoms with van der Waals surface area (Å²) in [5.74, 6) is -0.213. The fraction of sp³-hybridized carbons (Fsp3) is 0.400. The van der Waals surface area contributed by atoms with Crippen LogP contribution in [-0.4, -0.2) is 44.8 Å². The number of carbonyl (C=O) groups is 1. The molecule has 8 heteroatoms. The van der Waals surface area contributed by atoms with Crippen LogP contribution in [0.5, 0.6) is 0 Å². The minimum atomic E-state index is -0.213. The van der Waals surface area contributed by atoms with Crippen molar-refractivity contribution in [2.75, 3.05) is 18.9 Å². The number of anilines is 1. The Labute approximate surface area is 162 Å². The highest BCUT2D eigenvalue weighted by atomic mass is 16.7. The first kappa shape index (κ1) is 18.5. The number of fused-ring (bicyclic) bond motifs is 1. The molecule has 0 amide bonds. The van der Waals surface area contributed by atoms with Crippen LogP contribution in [0.3, 0.4) is 0 Å². The van der Waals surface area contributed by atoms with E-state index in [9.17, 15) is 4.79 Å². The quantitative estimate of drug-likeness (QED) is 0.655. The summed E-state index contributed by atoms with van der Waals surface area (Å²) in [6.07, 6.45) is 9.39. The number of ether oxygens (including phenoxy) is 2. The van der Waals surface area contributed by atoms with Gasteiger partial charge in [-0.1, -0.05) is 0 Å². The summed E-state index contributed by atoms with van der Waals surface area (Å²) in [5, 5.41) is 0.678. The summed E-state index contributed by atoms with van der Waals surface area (Å²) in [5.41, 5.74) is 7.77. The summed E-state index contributed by atoms with van der Waals surface area (Å²) >= 11 is 0. The van der Waals surface area contributed by atoms with Gasteiger partial charge in [-0.05, 0) is 38.3 Å². The molecule has 1 saturated heterocycles. The van der Waals surface area contributed by atoms with E-state index in [1.54, 1.807) is 24.5 Å². The van der Waals surface area contributed by atoms with Gasteiger partial charge in [0, 0.05) is 36.3 Å². The molecule has 0 aromatic carbocycles. The molecule has 0 aliphatic carbocycles. The van der Waals surface area contributed by atoms with Crippen LogP contribution in [0.1, 0.15) is 48.3 Å². The number of carbonyl (C=O) groups excluding carboxylic acids is 1. The molecule has 146 valence electrons. The molecule has 0 spiro atoms. The Bertz CT molecular complexity index is 981. The number of hydrogen-bond donors (Lipinski definition) is 1. The van der Waals surface area contributed by atoms with Crippen molar-refractivity contribution in [3.05, 3.63) is 48.3 Å². The van der Waals surface area contributed by atoms with Gasteiger partial charge in [-0.15, -0.1) is 0 Å². The Hall–Kier alpha value is -2.84. The van der Waals surface area contributed by atoms with E-state index in [1.165, 1.54) is 12.5 Å². The Morgan fingerprint density at radius 3 is 3.11 bits per heavy atom. The minimum Gasteiger partial charge on any atom is -0.399 e. The van der Waals surface area contributed by atoms with Crippen molar-refractivity contribution in [3.8, 4) is 0 Å². The summed E-state index contributed by atoms with van der Waals surface area (Å²) in [4.78, 5) is 25.6. The third-order valence-corrected chi connectivity index (χ3v) is 4.89. The van der Waals surface area contributed by atoms with E-state index in [-0.39, 0.29) is 18.1 Å². The van der Waals surface area contributed by atoms with Crippen molar-refractivity contribution in [2.24, 2.45) is 0 Å². The highest BCUT2D eigenvalue weighted by Gasteiger charge is 2.22. The van der Waals surface area contributed by atoms with Crippen molar-refractivity contribution >= 4 is 22.5 Å². The zero-order valence-electron chi connectivity index (χ0n) is 15.7. The van der Waals surface area contributed by atoms with Crippen LogP contribution in [0.25, 0.3) is 11.0 Å². The van der Waals surface area contributed by atoms with Crippen LogP contribution in [0, 0.1) is 0 Å². The molecule has 4 rings (SSSR count). The Kier molecular flexibility index (Phi) is 5.31. The number of nitrogens with zero attached hydrogens (tertiary/aromatic N) is 4. The number of nitrogens with two attached hydrogens (primary N) is 1. The third-order valence-electron chi connectivity index (χ3n) is 4.89. The molecule has 8 nitrogen and oxygen atoms in total. The molecule has 2 atom stereocenters. The molecule has 1 aliphatic rings. The molecule has 3 aromatic rings. The topological polar surface area (TPSA) is 105 Å². The molecule has 0 saturated carbocycles. The fourth-order valence-corrected chi connectivity index (χ4v) is 3.38. The van der Waals surface area contributed by atoms with Crippen molar-refractivity contribution in [3.63, 3.8) is 0 Å². The lowest BCUT2D eigenvalue weighted by molar-refractivity contribution is -0.166. The first-order chi connectivity index (χ1) is 13.6. The second-order valence-corrected chi connectivity index (χ2v) is 6.99. The molecule has 0 bridgehead atoms. The van der Waals surface area contributed by atoms with E-state index < -0.39 is 0 Å². The maximum Gasteiger partial charge on any atom is 0.213 e. The molecular weight excluding hydrogens is 358 g/mol. The normalized spacial score (nSPS) is 18.2. The van der Waals surface area contributed by atoms with Crippen molar-refractivity contribution in [1.29, 1.82) is 0 Å². The first-order valence-corrected chi connectivity index (χ1v) is 9.43. The molecule has 3 aromatic heterocycles. The zero-order valence-corrected chi connectivity index (χ0v) is 15.7. The Morgan fingerprint density at radius 2 is 2.32 bits per heavy atom. The highest BCUT2D eigenvalue weighted by molar-refractivity contribution is 6.15. The van der Waals surface area contributed by atoms with Gasteiger partial charge in [0.25, 0.3) is 0 Å². The van der Waals surface area contributed by atoms with E-state index >= 15 is 0 Å². The van der Waals surface area contributed by atoms with Crippen molar-refractivity contribution in [2.45, 2.75) is 38.5 Å². The van der Waals surface area contributed by atoms with Gasteiger partial charge in [-0.25, -0.2) is 9.97 Å². The van der Waals surface area contributed by atoms with Crippen LogP contribution in [0.4, 0.5) is 5.69 Å². The number of ketones is 1. The molecule has 1 aliphatic heterocycles. The average molecular weight is 381 g/mol. The van der Waals surface area contributed by atoms with Gasteiger partial charge in [0.2, 0.25) is 5.78 Å². The monoisotopic (exact) mass is 381 g/mol. The molecule has 2 N–H and O–H groups in total. The van der Waals surface area contributed by atoms with Crippen LogP contribution in [-0.2, 0) is 9.47 Å². The molecule has 1 fully saturated rings. The molecular formula is C20H23N5O3. The number of rotatable bonds is 6. The standard InChI is InChI=1S/C20H23N5O3/c1-13(11-28-18-4-2-3-7-27-18)25-10-16(15-9-22-12-24-20(15)25)19(26)17-8-14(21)5-6-23-17/h5-6,8-10,12-13,18H,2-4,7,11H2,1H3,(H2,21,23)/t13-,18?/m1/s1. The van der Waals surface area contributed by atoms with Crippen LogP contribution < -0.4 is 5.73 Å². The summed E-state index contributed by atoms with van der Waals surface area (Å²) in [7, 11) is 0. The molecule has 0 radical (unpaired) electrons. The van der Waals surface area contributed by atoms with E-state index in [0.717, 1.165) is 25.9 Å². The summed E-state index contributed by atoms with van der Waals surface area (Å²) < 4.78 is 13.5. The molecule has 28 heavy (non-hydrogen) atoms. The number of pyridine rings is 1. The van der Waals surface area contributed by atoms with E-state index in [0.29, 0.717) is 34.6 Å².